The van der Waals surface area contributed by atoms with E-state index >= 15 is 0 Å². The SMILES string of the molecule is CCCc1ccc(-c2ccc(C(=O)N3C[C@@H]4COC[C@]4(C(=O)O)C3)cc2)cc1. The van der Waals surface area contributed by atoms with E-state index in [4.69, 9.17) is 4.74 Å². The van der Waals surface area contributed by atoms with Gasteiger partial charge in [-0.05, 0) is 35.2 Å². The van der Waals surface area contributed by atoms with Crippen molar-refractivity contribution in [3.8, 4) is 11.1 Å². The number of aryl methyl sites for hydroxylation is 1. The average molecular weight is 379 g/mol. The molecule has 2 atom stereocenters. The summed E-state index contributed by atoms with van der Waals surface area (Å²) in [5, 5.41) is 9.64. The molecule has 0 unspecified atom stereocenters. The van der Waals surface area contributed by atoms with Crippen molar-refractivity contribution in [2.75, 3.05) is 26.3 Å². The Morgan fingerprint density at radius 2 is 1.75 bits per heavy atom. The van der Waals surface area contributed by atoms with Crippen LogP contribution in [0.3, 0.4) is 0 Å². The van der Waals surface area contributed by atoms with Gasteiger partial charge in [-0.15, -0.1) is 0 Å². The van der Waals surface area contributed by atoms with Gasteiger partial charge in [0.25, 0.3) is 5.91 Å². The number of benzene rings is 2. The second-order valence-electron chi connectivity index (χ2n) is 7.88. The molecule has 5 nitrogen and oxygen atoms in total. The molecule has 1 N–H and O–H groups in total. The molecule has 0 aliphatic carbocycles. The Bertz CT molecular complexity index is 874. The molecule has 4 rings (SSSR count). The summed E-state index contributed by atoms with van der Waals surface area (Å²) in [6.45, 7) is 3.41. The van der Waals surface area contributed by atoms with Crippen molar-refractivity contribution >= 4 is 11.9 Å². The molecular formula is C23H25NO4. The van der Waals surface area contributed by atoms with Gasteiger partial charge in [-0.1, -0.05) is 49.7 Å². The predicted molar refractivity (Wildman–Crippen MR) is 106 cm³/mol. The molecule has 2 fully saturated rings. The van der Waals surface area contributed by atoms with Crippen molar-refractivity contribution in [2.24, 2.45) is 11.3 Å². The number of carboxylic acids is 1. The van der Waals surface area contributed by atoms with Gasteiger partial charge in [0.15, 0.2) is 0 Å². The van der Waals surface area contributed by atoms with Crippen molar-refractivity contribution in [1.82, 2.24) is 4.90 Å². The van der Waals surface area contributed by atoms with Crippen LogP contribution in [0.15, 0.2) is 48.5 Å². The molecule has 0 spiro atoms. The van der Waals surface area contributed by atoms with Crippen LogP contribution in [-0.2, 0) is 16.0 Å². The normalized spacial score (nSPS) is 23.6. The Morgan fingerprint density at radius 3 is 2.32 bits per heavy atom. The maximum absolute atomic E-state index is 12.9. The maximum atomic E-state index is 12.9. The minimum Gasteiger partial charge on any atom is -0.481 e. The molecule has 2 saturated heterocycles. The third-order valence-corrected chi connectivity index (χ3v) is 6.04. The lowest BCUT2D eigenvalue weighted by atomic mass is 9.81. The molecule has 2 aromatic rings. The summed E-state index contributed by atoms with van der Waals surface area (Å²) in [7, 11) is 0. The van der Waals surface area contributed by atoms with Crippen LogP contribution in [0, 0.1) is 11.3 Å². The van der Waals surface area contributed by atoms with E-state index in [1.165, 1.54) is 5.56 Å². The third kappa shape index (κ3) is 3.20. The van der Waals surface area contributed by atoms with Gasteiger partial charge in [0.2, 0.25) is 0 Å². The fraction of sp³-hybridized carbons (Fsp3) is 0.391. The number of nitrogens with zero attached hydrogens (tertiary/aromatic N) is 1. The molecule has 2 aromatic carbocycles. The Kier molecular flexibility index (Phi) is 4.94. The van der Waals surface area contributed by atoms with E-state index in [1.807, 2.05) is 24.3 Å². The second kappa shape index (κ2) is 7.40. The molecule has 0 bridgehead atoms. The predicted octanol–water partition coefficient (Wildman–Crippen LogP) is 3.48. The standard InChI is InChI=1S/C23H25NO4/c1-2-3-16-4-6-17(7-5-16)18-8-10-19(11-9-18)21(25)24-12-20-13-28-15-23(20,14-24)22(26)27/h4-11,20H,2-3,12-15H2,1H3,(H,26,27)/t20-,23-/m1/s1. The number of carbonyl (C=O) groups excluding carboxylic acids is 1. The zero-order chi connectivity index (χ0) is 19.7. The molecule has 28 heavy (non-hydrogen) atoms. The molecule has 2 heterocycles. The lowest BCUT2D eigenvalue weighted by Gasteiger charge is -2.22. The number of amides is 1. The van der Waals surface area contributed by atoms with Crippen LogP contribution in [-0.4, -0.2) is 48.2 Å². The van der Waals surface area contributed by atoms with E-state index in [-0.39, 0.29) is 25.0 Å². The van der Waals surface area contributed by atoms with Gasteiger partial charge >= 0.3 is 5.97 Å². The zero-order valence-electron chi connectivity index (χ0n) is 16.1. The molecule has 1 amide bonds. The van der Waals surface area contributed by atoms with Crippen molar-refractivity contribution in [3.05, 3.63) is 59.7 Å². The monoisotopic (exact) mass is 379 g/mol. The molecular weight excluding hydrogens is 354 g/mol. The number of carbonyl (C=O) groups is 2. The van der Waals surface area contributed by atoms with Crippen LogP contribution in [0.1, 0.15) is 29.3 Å². The smallest absolute Gasteiger partial charge is 0.314 e. The summed E-state index contributed by atoms with van der Waals surface area (Å²) in [4.78, 5) is 26.3. The highest BCUT2D eigenvalue weighted by molar-refractivity contribution is 5.95. The Balaban J connectivity index is 1.48. The quantitative estimate of drug-likeness (QED) is 0.864. The van der Waals surface area contributed by atoms with Gasteiger partial charge in [-0.3, -0.25) is 9.59 Å². The van der Waals surface area contributed by atoms with Crippen LogP contribution < -0.4 is 0 Å². The maximum Gasteiger partial charge on any atom is 0.314 e. The first-order valence-electron chi connectivity index (χ1n) is 9.83. The second-order valence-corrected chi connectivity index (χ2v) is 7.88. The number of hydrogen-bond acceptors (Lipinski definition) is 3. The summed E-state index contributed by atoms with van der Waals surface area (Å²) in [5.74, 6) is -1.11. The van der Waals surface area contributed by atoms with Gasteiger partial charge in [-0.2, -0.15) is 0 Å². The van der Waals surface area contributed by atoms with E-state index in [2.05, 4.69) is 31.2 Å². The minimum absolute atomic E-state index is 0.111. The van der Waals surface area contributed by atoms with Crippen LogP contribution >= 0.6 is 0 Å². The van der Waals surface area contributed by atoms with E-state index in [0.717, 1.165) is 24.0 Å². The van der Waals surface area contributed by atoms with E-state index < -0.39 is 11.4 Å². The molecule has 2 aliphatic rings. The van der Waals surface area contributed by atoms with Crippen LogP contribution in [0.25, 0.3) is 11.1 Å². The molecule has 5 heteroatoms. The highest BCUT2D eigenvalue weighted by atomic mass is 16.5. The first-order valence-corrected chi connectivity index (χ1v) is 9.83. The number of ether oxygens (including phenoxy) is 1. The van der Waals surface area contributed by atoms with Crippen LogP contribution in [0.4, 0.5) is 0 Å². The number of fused-ring (bicyclic) bond motifs is 1. The summed E-state index contributed by atoms with van der Waals surface area (Å²) in [6, 6.07) is 16.1. The van der Waals surface area contributed by atoms with Gasteiger partial charge in [0, 0.05) is 24.6 Å². The largest absolute Gasteiger partial charge is 0.481 e. The highest BCUT2D eigenvalue weighted by Crippen LogP contribution is 2.42. The molecule has 0 aromatic heterocycles. The number of rotatable bonds is 5. The zero-order valence-corrected chi connectivity index (χ0v) is 16.1. The van der Waals surface area contributed by atoms with Crippen LogP contribution in [0.5, 0.6) is 0 Å². The van der Waals surface area contributed by atoms with Gasteiger partial charge < -0.3 is 14.7 Å². The average Bonchev–Trinajstić information content (AvgIpc) is 3.27. The highest BCUT2D eigenvalue weighted by Gasteiger charge is 2.57. The van der Waals surface area contributed by atoms with Crippen molar-refractivity contribution in [2.45, 2.75) is 19.8 Å². The molecule has 2 aliphatic heterocycles. The first kappa shape index (κ1) is 18.7. The fourth-order valence-corrected chi connectivity index (χ4v) is 4.33. The summed E-state index contributed by atoms with van der Waals surface area (Å²) < 4.78 is 5.38. The van der Waals surface area contributed by atoms with Gasteiger partial charge in [0.1, 0.15) is 5.41 Å². The molecule has 0 radical (unpaired) electrons. The number of hydrogen-bond donors (Lipinski definition) is 1. The van der Waals surface area contributed by atoms with Crippen molar-refractivity contribution < 1.29 is 19.4 Å². The molecule has 0 saturated carbocycles. The van der Waals surface area contributed by atoms with Crippen molar-refractivity contribution in [1.29, 1.82) is 0 Å². The van der Waals surface area contributed by atoms with Crippen LogP contribution in [0.2, 0.25) is 0 Å². The first-order chi connectivity index (χ1) is 13.5. The van der Waals surface area contributed by atoms with E-state index in [0.29, 0.717) is 18.7 Å². The summed E-state index contributed by atoms with van der Waals surface area (Å²) in [5.41, 5.74) is 3.15. The lowest BCUT2D eigenvalue weighted by molar-refractivity contribution is -0.149. The number of aliphatic carboxylic acids is 1. The third-order valence-electron chi connectivity index (χ3n) is 6.04. The Morgan fingerprint density at radius 1 is 1.11 bits per heavy atom. The summed E-state index contributed by atoms with van der Waals surface area (Å²) in [6.07, 6.45) is 2.20. The van der Waals surface area contributed by atoms with Crippen molar-refractivity contribution in [3.63, 3.8) is 0 Å². The van der Waals surface area contributed by atoms with Gasteiger partial charge in [-0.25, -0.2) is 0 Å². The Hall–Kier alpha value is -2.66. The lowest BCUT2D eigenvalue weighted by Crippen LogP contribution is -2.40. The van der Waals surface area contributed by atoms with E-state index in [9.17, 15) is 14.7 Å². The molecule has 146 valence electrons. The van der Waals surface area contributed by atoms with E-state index in [1.54, 1.807) is 4.90 Å². The van der Waals surface area contributed by atoms with Gasteiger partial charge in [0.05, 0.1) is 13.2 Å². The fourth-order valence-electron chi connectivity index (χ4n) is 4.33. The number of likely N-dealkylation sites (tertiary alicyclic amines) is 1. The topological polar surface area (TPSA) is 66.8 Å². The number of carboxylic acid groups (broad SMARTS) is 1. The summed E-state index contributed by atoms with van der Waals surface area (Å²) >= 11 is 0. The Labute approximate surface area is 164 Å². The minimum atomic E-state index is -0.949.